The molecule has 3 aromatic heterocycles. The van der Waals surface area contributed by atoms with Crippen molar-refractivity contribution in [1.29, 1.82) is 0 Å². The van der Waals surface area contributed by atoms with Crippen LogP contribution >= 0.6 is 27.3 Å². The van der Waals surface area contributed by atoms with Crippen LogP contribution in [-0.4, -0.2) is 117 Å². The molecule has 3 amide bonds. The highest BCUT2D eigenvalue weighted by Crippen LogP contribution is 2.39. The molecule has 2 aliphatic heterocycles. The molecule has 5 heterocycles. The fraction of sp³-hybridized carbons (Fsp3) is 0.426. The van der Waals surface area contributed by atoms with E-state index < -0.39 is 41.4 Å². The number of rotatable bonds is 18. The summed E-state index contributed by atoms with van der Waals surface area (Å²) in [6, 6.07) is 18.5. The first-order chi connectivity index (χ1) is 34.3. The largest absolute Gasteiger partial charge is 0.461 e. The van der Waals surface area contributed by atoms with Crippen molar-refractivity contribution in [1.82, 2.24) is 40.1 Å². The number of anilines is 2. The smallest absolute Gasteiger partial charge is 0.302 e. The van der Waals surface area contributed by atoms with Gasteiger partial charge in [0.15, 0.2) is 0 Å². The molecule has 8 rings (SSSR count). The van der Waals surface area contributed by atoms with Gasteiger partial charge in [-0.25, -0.2) is 9.97 Å². The fourth-order valence-electron chi connectivity index (χ4n) is 9.68. The van der Waals surface area contributed by atoms with Crippen LogP contribution in [0.15, 0.2) is 93.9 Å². The summed E-state index contributed by atoms with van der Waals surface area (Å²) < 4.78 is 19.9. The van der Waals surface area contributed by atoms with Gasteiger partial charge in [0.2, 0.25) is 17.7 Å². The quantitative estimate of drug-likeness (QED) is 0.0620. The lowest BCUT2D eigenvalue weighted by Crippen LogP contribution is -2.58. The number of aryl methyl sites for hydroxylation is 4. The van der Waals surface area contributed by atoms with E-state index in [1.165, 1.54) is 11.8 Å². The molecule has 2 aliphatic rings. The lowest BCUT2D eigenvalue weighted by Gasteiger charge is -2.42. The molecule has 72 heavy (non-hydrogen) atoms. The summed E-state index contributed by atoms with van der Waals surface area (Å²) in [5, 5.41) is 10.2. The summed E-state index contributed by atoms with van der Waals surface area (Å²) in [7, 11) is 0. The Morgan fingerprint density at radius 3 is 2.35 bits per heavy atom. The van der Waals surface area contributed by atoms with Crippen LogP contribution < -0.4 is 15.5 Å². The molecule has 2 fully saturated rings. The maximum absolute atomic E-state index is 14.5. The number of carbonyl (C=O) groups excluding carboxylic acids is 4. The number of aromatic nitrogens is 4. The van der Waals surface area contributed by atoms with Crippen LogP contribution in [0.5, 0.6) is 0 Å². The molecular weight excluding hydrogens is 999 g/mol. The number of nitrogens with one attached hydrogen (secondary N) is 2. The summed E-state index contributed by atoms with van der Waals surface area (Å²) in [5.41, 5.74) is 11.1. The highest BCUT2D eigenvalue weighted by molar-refractivity contribution is 9.10. The monoisotopic (exact) mass is 1060 g/mol. The second-order valence-electron chi connectivity index (χ2n) is 20.1. The van der Waals surface area contributed by atoms with Gasteiger partial charge in [0, 0.05) is 79.2 Å². The van der Waals surface area contributed by atoms with Gasteiger partial charge in [-0.2, -0.15) is 0 Å². The zero-order chi connectivity index (χ0) is 51.4. The van der Waals surface area contributed by atoms with Crippen LogP contribution in [0.3, 0.4) is 0 Å². The standard InChI is InChI=1S/C54H64BrN9O7S/c1-32-10-11-41(49-34(3)60-71-36(49)5)22-46(32)63(42-16-17-45(44(55)23-42)62-19-18-56-30-62)27-38-25-61(26-38)20-21-69-29-48(66)59-51(54(7,8)9)53(68)64-28-43(70-37(6)65)24-47(64)52(67)58-33(2)39-12-14-40(15-13-39)50-35(4)57-31-72-50/h10-19,22-23,30-31,33,38,43,47,51H,20-21,24-29H2,1-9H3,(H,58,67)(H,59,66)/t33-,43+,47-,51+/m0/s1. The van der Waals surface area contributed by atoms with Crippen LogP contribution in [-0.2, 0) is 28.7 Å². The zero-order valence-electron chi connectivity index (χ0n) is 42.4. The first-order valence-electron chi connectivity index (χ1n) is 24.3. The number of likely N-dealkylation sites (tertiary alicyclic amines) is 2. The van der Waals surface area contributed by atoms with Gasteiger partial charge >= 0.3 is 5.97 Å². The van der Waals surface area contributed by atoms with Gasteiger partial charge in [0.05, 0.1) is 53.0 Å². The van der Waals surface area contributed by atoms with Crippen LogP contribution in [0.4, 0.5) is 11.4 Å². The average Bonchev–Trinajstić information content (AvgIpc) is 4.16. The van der Waals surface area contributed by atoms with E-state index in [1.807, 2.05) is 89.0 Å². The molecule has 0 bridgehead atoms. The van der Waals surface area contributed by atoms with Crippen LogP contribution in [0.1, 0.15) is 75.4 Å². The molecule has 3 aromatic carbocycles. The first kappa shape index (κ1) is 52.1. The summed E-state index contributed by atoms with van der Waals surface area (Å²) in [4.78, 5) is 69.9. The van der Waals surface area contributed by atoms with Crippen molar-refractivity contribution in [2.75, 3.05) is 50.8 Å². The molecule has 0 aliphatic carbocycles. The number of carbonyl (C=O) groups is 4. The molecule has 16 nitrogen and oxygen atoms in total. The lowest BCUT2D eigenvalue weighted by molar-refractivity contribution is -0.147. The van der Waals surface area contributed by atoms with Crippen molar-refractivity contribution in [3.8, 4) is 27.3 Å². The zero-order valence-corrected chi connectivity index (χ0v) is 44.8. The number of benzene rings is 3. The van der Waals surface area contributed by atoms with E-state index in [1.54, 1.807) is 23.9 Å². The molecule has 2 N–H and O–H groups in total. The van der Waals surface area contributed by atoms with E-state index in [0.717, 1.165) is 91.0 Å². The maximum atomic E-state index is 14.5. The van der Waals surface area contributed by atoms with Gasteiger partial charge in [-0.05, 0) is 102 Å². The predicted molar refractivity (Wildman–Crippen MR) is 281 cm³/mol. The Kier molecular flexibility index (Phi) is 16.1. The topological polar surface area (TPSA) is 177 Å². The molecule has 0 spiro atoms. The van der Waals surface area contributed by atoms with E-state index in [9.17, 15) is 19.2 Å². The SMILES string of the molecule is CC(=O)O[C@@H]1C[C@@H](C(=O)N[C@@H](C)c2ccc(-c3scnc3C)cc2)N(C(=O)[C@@H](NC(=O)COCCN2CC(CN(c3ccc(-n4ccnc4)c(Br)c3)c3cc(-c4c(C)noc4C)ccc3C)C2)C(C)(C)C)C1. The molecule has 18 heteroatoms. The molecule has 6 aromatic rings. The van der Waals surface area contributed by atoms with E-state index in [4.69, 9.17) is 14.0 Å². The number of amides is 3. The third-order valence-electron chi connectivity index (χ3n) is 13.5. The Morgan fingerprint density at radius 2 is 1.71 bits per heavy atom. The summed E-state index contributed by atoms with van der Waals surface area (Å²) in [6.07, 6.45) is 4.91. The Balaban J connectivity index is 0.865. The minimum Gasteiger partial charge on any atom is -0.461 e. The van der Waals surface area contributed by atoms with E-state index in [2.05, 4.69) is 94.8 Å². The number of hydrogen-bond donors (Lipinski definition) is 2. The Bertz CT molecular complexity index is 2870. The van der Waals surface area contributed by atoms with Gasteiger partial charge < -0.3 is 43.9 Å². The number of hydrogen-bond acceptors (Lipinski definition) is 13. The van der Waals surface area contributed by atoms with Gasteiger partial charge in [-0.3, -0.25) is 19.2 Å². The molecule has 4 atom stereocenters. The van der Waals surface area contributed by atoms with Gasteiger partial charge in [-0.15, -0.1) is 11.3 Å². The van der Waals surface area contributed by atoms with E-state index in [-0.39, 0.29) is 31.5 Å². The number of halogens is 1. The Morgan fingerprint density at radius 1 is 0.958 bits per heavy atom. The van der Waals surface area contributed by atoms with Gasteiger partial charge in [0.25, 0.3) is 0 Å². The second-order valence-corrected chi connectivity index (χ2v) is 21.8. The molecule has 0 saturated carbocycles. The molecule has 2 saturated heterocycles. The molecule has 0 unspecified atom stereocenters. The summed E-state index contributed by atoms with van der Waals surface area (Å²) in [6.45, 7) is 20.0. The van der Waals surface area contributed by atoms with Crippen molar-refractivity contribution in [2.45, 2.75) is 93.0 Å². The predicted octanol–water partition coefficient (Wildman–Crippen LogP) is 8.67. The molecule has 0 radical (unpaired) electrons. The van der Waals surface area contributed by atoms with Crippen molar-refractivity contribution in [2.24, 2.45) is 11.3 Å². The third-order valence-corrected chi connectivity index (χ3v) is 15.1. The van der Waals surface area contributed by atoms with E-state index >= 15 is 0 Å². The number of ether oxygens (including phenoxy) is 2. The van der Waals surface area contributed by atoms with Crippen LogP contribution in [0.25, 0.3) is 27.3 Å². The number of esters is 1. The lowest BCUT2D eigenvalue weighted by atomic mass is 9.85. The Hall–Kier alpha value is -6.21. The van der Waals surface area contributed by atoms with Crippen molar-refractivity contribution < 1.29 is 33.2 Å². The first-order valence-corrected chi connectivity index (χ1v) is 26.0. The normalized spacial score (nSPS) is 17.1. The number of nitrogens with zero attached hydrogens (tertiary/aromatic N) is 7. The Labute approximate surface area is 433 Å². The van der Waals surface area contributed by atoms with Crippen LogP contribution in [0, 0.1) is 39.0 Å². The minimum atomic E-state index is -0.990. The van der Waals surface area contributed by atoms with Crippen molar-refractivity contribution >= 4 is 62.3 Å². The number of imidazole rings is 1. The molecule has 380 valence electrons. The van der Waals surface area contributed by atoms with Gasteiger partial charge in [-0.1, -0.05) is 62.3 Å². The van der Waals surface area contributed by atoms with E-state index in [0.29, 0.717) is 19.1 Å². The highest BCUT2D eigenvalue weighted by atomic mass is 79.9. The maximum Gasteiger partial charge on any atom is 0.302 e. The fourth-order valence-corrected chi connectivity index (χ4v) is 11.1. The van der Waals surface area contributed by atoms with Crippen molar-refractivity contribution in [3.05, 3.63) is 118 Å². The molecular formula is C54H64BrN9O7S. The van der Waals surface area contributed by atoms with Crippen molar-refractivity contribution in [3.63, 3.8) is 0 Å². The summed E-state index contributed by atoms with van der Waals surface area (Å²) in [5.74, 6) is -0.622. The second kappa shape index (κ2) is 22.3. The van der Waals surface area contributed by atoms with Gasteiger partial charge in [0.1, 0.15) is 30.6 Å². The summed E-state index contributed by atoms with van der Waals surface area (Å²) >= 11 is 5.40. The number of thiazole rings is 1. The minimum absolute atomic E-state index is 0.0197. The third kappa shape index (κ3) is 12.0. The average molecular weight is 1060 g/mol. The van der Waals surface area contributed by atoms with Crippen LogP contribution in [0.2, 0.25) is 0 Å². The highest BCUT2D eigenvalue weighted by Gasteiger charge is 2.46.